The SMILES string of the molecule is CN(C)CCc1ccc(CCCN)cc1. The quantitative estimate of drug-likeness (QED) is 0.767. The normalized spacial score (nSPS) is 10.9. The first-order chi connectivity index (χ1) is 7.22. The number of nitrogens with two attached hydrogens (primary N) is 1. The number of hydrogen-bond acceptors (Lipinski definition) is 2. The van der Waals surface area contributed by atoms with E-state index in [1.807, 2.05) is 0 Å². The van der Waals surface area contributed by atoms with Crippen molar-refractivity contribution >= 4 is 0 Å². The van der Waals surface area contributed by atoms with E-state index in [-0.39, 0.29) is 0 Å². The summed E-state index contributed by atoms with van der Waals surface area (Å²) in [4.78, 5) is 2.21. The van der Waals surface area contributed by atoms with Crippen LogP contribution in [0.25, 0.3) is 0 Å². The molecule has 0 aliphatic carbocycles. The van der Waals surface area contributed by atoms with E-state index in [2.05, 4.69) is 43.3 Å². The van der Waals surface area contributed by atoms with Crippen molar-refractivity contribution in [2.75, 3.05) is 27.2 Å². The fourth-order valence-electron chi connectivity index (χ4n) is 1.53. The molecule has 2 heteroatoms. The van der Waals surface area contributed by atoms with Gasteiger partial charge in [-0.3, -0.25) is 0 Å². The predicted molar refractivity (Wildman–Crippen MR) is 66.1 cm³/mol. The number of hydrogen-bond donors (Lipinski definition) is 1. The number of rotatable bonds is 6. The van der Waals surface area contributed by atoms with Gasteiger partial charge in [-0.15, -0.1) is 0 Å². The second-order valence-corrected chi connectivity index (χ2v) is 4.26. The van der Waals surface area contributed by atoms with Gasteiger partial charge in [-0.2, -0.15) is 0 Å². The lowest BCUT2D eigenvalue weighted by Crippen LogP contribution is -2.14. The first-order valence-electron chi connectivity index (χ1n) is 5.65. The molecule has 2 N–H and O–H groups in total. The molecule has 0 saturated carbocycles. The lowest BCUT2D eigenvalue weighted by molar-refractivity contribution is 0.413. The van der Waals surface area contributed by atoms with Crippen molar-refractivity contribution in [2.24, 2.45) is 5.73 Å². The van der Waals surface area contributed by atoms with Crippen molar-refractivity contribution < 1.29 is 0 Å². The van der Waals surface area contributed by atoms with Gasteiger partial charge in [-0.05, 0) is 51.0 Å². The Morgan fingerprint density at radius 1 is 1.00 bits per heavy atom. The van der Waals surface area contributed by atoms with Crippen molar-refractivity contribution in [3.63, 3.8) is 0 Å². The summed E-state index contributed by atoms with van der Waals surface area (Å²) in [7, 11) is 4.21. The monoisotopic (exact) mass is 206 g/mol. The van der Waals surface area contributed by atoms with E-state index < -0.39 is 0 Å². The largest absolute Gasteiger partial charge is 0.330 e. The Labute approximate surface area is 93.1 Å². The first kappa shape index (κ1) is 12.2. The van der Waals surface area contributed by atoms with Crippen molar-refractivity contribution in [3.8, 4) is 0 Å². The van der Waals surface area contributed by atoms with Crippen LogP contribution in [0.15, 0.2) is 24.3 Å². The van der Waals surface area contributed by atoms with Crippen molar-refractivity contribution in [2.45, 2.75) is 19.3 Å². The minimum Gasteiger partial charge on any atom is -0.330 e. The third kappa shape index (κ3) is 4.96. The molecule has 15 heavy (non-hydrogen) atoms. The topological polar surface area (TPSA) is 29.3 Å². The Hall–Kier alpha value is -0.860. The maximum absolute atomic E-state index is 5.48. The minimum atomic E-state index is 0.780. The summed E-state index contributed by atoms with van der Waals surface area (Å²) >= 11 is 0. The molecule has 0 aliphatic heterocycles. The highest BCUT2D eigenvalue weighted by Crippen LogP contribution is 2.07. The van der Waals surface area contributed by atoms with Gasteiger partial charge in [-0.25, -0.2) is 0 Å². The molecule has 1 rings (SSSR count). The molecule has 0 atom stereocenters. The third-order valence-corrected chi connectivity index (χ3v) is 2.54. The van der Waals surface area contributed by atoms with Gasteiger partial charge in [0.15, 0.2) is 0 Å². The lowest BCUT2D eigenvalue weighted by atomic mass is 10.1. The third-order valence-electron chi connectivity index (χ3n) is 2.54. The van der Waals surface area contributed by atoms with Crippen LogP contribution in [0.1, 0.15) is 17.5 Å². The number of benzene rings is 1. The van der Waals surface area contributed by atoms with Crippen LogP contribution in [-0.4, -0.2) is 32.1 Å². The van der Waals surface area contributed by atoms with Crippen molar-refractivity contribution in [1.29, 1.82) is 0 Å². The Morgan fingerprint density at radius 2 is 1.53 bits per heavy atom. The zero-order chi connectivity index (χ0) is 11.1. The van der Waals surface area contributed by atoms with E-state index in [1.165, 1.54) is 11.1 Å². The lowest BCUT2D eigenvalue weighted by Gasteiger charge is -2.09. The van der Waals surface area contributed by atoms with Crippen LogP contribution in [0.4, 0.5) is 0 Å². The van der Waals surface area contributed by atoms with Crippen molar-refractivity contribution in [3.05, 3.63) is 35.4 Å². The molecule has 0 unspecified atom stereocenters. The zero-order valence-corrected chi connectivity index (χ0v) is 9.87. The van der Waals surface area contributed by atoms with Crippen LogP contribution in [0.3, 0.4) is 0 Å². The van der Waals surface area contributed by atoms with Gasteiger partial charge in [0.05, 0.1) is 0 Å². The highest BCUT2D eigenvalue weighted by Gasteiger charge is 1.96. The smallest absolute Gasteiger partial charge is 0.00157 e. The van der Waals surface area contributed by atoms with Gasteiger partial charge >= 0.3 is 0 Å². The Bertz CT molecular complexity index is 264. The highest BCUT2D eigenvalue weighted by molar-refractivity contribution is 5.22. The second kappa shape index (κ2) is 6.59. The van der Waals surface area contributed by atoms with E-state index in [0.29, 0.717) is 0 Å². The summed E-state index contributed by atoms with van der Waals surface area (Å²) in [6.07, 6.45) is 3.31. The first-order valence-corrected chi connectivity index (χ1v) is 5.65. The molecule has 0 aromatic heterocycles. The molecule has 0 radical (unpaired) electrons. The van der Waals surface area contributed by atoms with E-state index >= 15 is 0 Å². The average molecular weight is 206 g/mol. The molecule has 0 fully saturated rings. The Balaban J connectivity index is 2.41. The minimum absolute atomic E-state index is 0.780. The van der Waals surface area contributed by atoms with Crippen LogP contribution in [0, 0.1) is 0 Å². The maximum atomic E-state index is 5.48. The number of nitrogens with zero attached hydrogens (tertiary/aromatic N) is 1. The fourth-order valence-corrected chi connectivity index (χ4v) is 1.53. The van der Waals surface area contributed by atoms with E-state index in [4.69, 9.17) is 5.73 Å². The molecule has 2 nitrogen and oxygen atoms in total. The van der Waals surface area contributed by atoms with Crippen LogP contribution in [0.5, 0.6) is 0 Å². The van der Waals surface area contributed by atoms with Crippen molar-refractivity contribution in [1.82, 2.24) is 4.90 Å². The summed E-state index contributed by atoms with van der Waals surface area (Å²) in [6, 6.07) is 8.91. The number of likely N-dealkylation sites (N-methyl/N-ethyl adjacent to an activating group) is 1. The molecule has 0 heterocycles. The van der Waals surface area contributed by atoms with E-state index in [0.717, 1.165) is 32.4 Å². The zero-order valence-electron chi connectivity index (χ0n) is 9.87. The summed E-state index contributed by atoms with van der Waals surface area (Å²) < 4.78 is 0. The molecule has 0 saturated heterocycles. The summed E-state index contributed by atoms with van der Waals surface area (Å²) in [5.74, 6) is 0. The fraction of sp³-hybridized carbons (Fsp3) is 0.538. The van der Waals surface area contributed by atoms with Crippen LogP contribution >= 0.6 is 0 Å². The Kier molecular flexibility index (Phi) is 5.37. The summed E-state index contributed by atoms with van der Waals surface area (Å²) in [5, 5.41) is 0. The van der Waals surface area contributed by atoms with Gasteiger partial charge in [-0.1, -0.05) is 24.3 Å². The Morgan fingerprint density at radius 3 is 2.00 bits per heavy atom. The van der Waals surface area contributed by atoms with Crippen LogP contribution in [0.2, 0.25) is 0 Å². The highest BCUT2D eigenvalue weighted by atomic mass is 15.0. The van der Waals surface area contributed by atoms with Gasteiger partial charge in [0.1, 0.15) is 0 Å². The summed E-state index contributed by atoms with van der Waals surface area (Å²) in [6.45, 7) is 1.89. The molecular weight excluding hydrogens is 184 g/mol. The van der Waals surface area contributed by atoms with Gasteiger partial charge < -0.3 is 10.6 Å². The molecule has 84 valence electrons. The van der Waals surface area contributed by atoms with E-state index in [1.54, 1.807) is 0 Å². The molecule has 0 amide bonds. The standard InChI is InChI=1S/C13H22N2/c1-15(2)11-9-13-7-5-12(6-8-13)4-3-10-14/h5-8H,3-4,9-11,14H2,1-2H3. The van der Waals surface area contributed by atoms with Gasteiger partial charge in [0.25, 0.3) is 0 Å². The second-order valence-electron chi connectivity index (χ2n) is 4.26. The van der Waals surface area contributed by atoms with Crippen LogP contribution < -0.4 is 5.73 Å². The number of aryl methyl sites for hydroxylation is 1. The van der Waals surface area contributed by atoms with Gasteiger partial charge in [0.2, 0.25) is 0 Å². The molecule has 1 aromatic rings. The molecular formula is C13H22N2. The molecule has 0 bridgehead atoms. The van der Waals surface area contributed by atoms with E-state index in [9.17, 15) is 0 Å². The van der Waals surface area contributed by atoms with Gasteiger partial charge in [0, 0.05) is 6.54 Å². The molecule has 1 aromatic carbocycles. The predicted octanol–water partition coefficient (Wildman–Crippen LogP) is 1.68. The molecule has 0 spiro atoms. The van der Waals surface area contributed by atoms with Crippen LogP contribution in [-0.2, 0) is 12.8 Å². The molecule has 0 aliphatic rings. The summed E-state index contributed by atoms with van der Waals surface area (Å²) in [5.41, 5.74) is 8.30. The average Bonchev–Trinajstić information content (AvgIpc) is 2.25. The maximum Gasteiger partial charge on any atom is 0.00157 e.